The highest BCUT2D eigenvalue weighted by Gasteiger charge is 2.15. The smallest absolute Gasteiger partial charge is 0.163 e. The summed E-state index contributed by atoms with van der Waals surface area (Å²) in [6.07, 6.45) is 0. The molecule has 5 heteroatoms. The van der Waals surface area contributed by atoms with E-state index in [0.717, 1.165) is 9.79 Å². The minimum Gasteiger partial charge on any atom is -0.486 e. The first-order chi connectivity index (χ1) is 9.22. The third-order valence-electron chi connectivity index (χ3n) is 2.70. The number of rotatable bonds is 2. The Morgan fingerprint density at radius 2 is 1.79 bits per heavy atom. The van der Waals surface area contributed by atoms with Crippen molar-refractivity contribution < 1.29 is 13.9 Å². The van der Waals surface area contributed by atoms with E-state index in [9.17, 15) is 4.39 Å². The normalized spacial score (nSPS) is 13.3. The highest BCUT2D eigenvalue weighted by molar-refractivity contribution is 7.99. The Labute approximate surface area is 114 Å². The molecule has 3 rings (SSSR count). The Morgan fingerprint density at radius 1 is 1.05 bits per heavy atom. The van der Waals surface area contributed by atoms with Gasteiger partial charge < -0.3 is 15.2 Å². The molecule has 0 bridgehead atoms. The highest BCUT2D eigenvalue weighted by atomic mass is 32.2. The van der Waals surface area contributed by atoms with Gasteiger partial charge in [-0.2, -0.15) is 0 Å². The molecule has 0 spiro atoms. The van der Waals surface area contributed by atoms with Gasteiger partial charge in [-0.05, 0) is 18.2 Å². The number of ether oxygens (including phenoxy) is 2. The highest BCUT2D eigenvalue weighted by Crippen LogP contribution is 2.41. The molecule has 2 N–H and O–H groups in total. The lowest BCUT2D eigenvalue weighted by Crippen LogP contribution is -2.15. The number of fused-ring (bicyclic) bond motifs is 1. The number of hydrogen-bond acceptors (Lipinski definition) is 4. The van der Waals surface area contributed by atoms with Crippen LogP contribution in [0.25, 0.3) is 0 Å². The summed E-state index contributed by atoms with van der Waals surface area (Å²) in [4.78, 5) is 1.62. The zero-order chi connectivity index (χ0) is 13.2. The molecule has 0 radical (unpaired) electrons. The number of anilines is 1. The van der Waals surface area contributed by atoms with E-state index >= 15 is 0 Å². The minimum absolute atomic E-state index is 0.263. The summed E-state index contributed by atoms with van der Waals surface area (Å²) in [5.41, 5.74) is 6.58. The number of benzene rings is 2. The lowest BCUT2D eigenvalue weighted by Gasteiger charge is -2.20. The van der Waals surface area contributed by atoms with Crippen LogP contribution in [0.4, 0.5) is 10.1 Å². The van der Waals surface area contributed by atoms with Crippen LogP contribution in [0, 0.1) is 5.82 Å². The van der Waals surface area contributed by atoms with E-state index < -0.39 is 0 Å². The van der Waals surface area contributed by atoms with Crippen molar-refractivity contribution in [2.75, 3.05) is 18.9 Å². The van der Waals surface area contributed by atoms with Gasteiger partial charge >= 0.3 is 0 Å². The third-order valence-corrected chi connectivity index (χ3v) is 3.76. The molecule has 0 aromatic heterocycles. The summed E-state index contributed by atoms with van der Waals surface area (Å²) in [7, 11) is 0. The molecular formula is C14H12FNO2S. The fourth-order valence-electron chi connectivity index (χ4n) is 1.83. The van der Waals surface area contributed by atoms with E-state index in [2.05, 4.69) is 0 Å². The Balaban J connectivity index is 1.92. The van der Waals surface area contributed by atoms with Crippen LogP contribution in [0.15, 0.2) is 46.2 Å². The molecule has 0 unspecified atom stereocenters. The van der Waals surface area contributed by atoms with Crippen LogP contribution in [0.1, 0.15) is 0 Å². The minimum atomic E-state index is -0.263. The number of hydrogen-bond donors (Lipinski definition) is 1. The summed E-state index contributed by atoms with van der Waals surface area (Å²) >= 11 is 1.40. The van der Waals surface area contributed by atoms with Crippen molar-refractivity contribution >= 4 is 17.4 Å². The van der Waals surface area contributed by atoms with Crippen LogP contribution in [-0.2, 0) is 0 Å². The Hall–Kier alpha value is -1.88. The topological polar surface area (TPSA) is 44.5 Å². The van der Waals surface area contributed by atoms with Crippen molar-refractivity contribution in [3.8, 4) is 11.5 Å². The molecule has 0 fully saturated rings. The van der Waals surface area contributed by atoms with E-state index in [0.29, 0.717) is 30.4 Å². The molecular weight excluding hydrogens is 265 g/mol. The fourth-order valence-corrected chi connectivity index (χ4v) is 2.75. The van der Waals surface area contributed by atoms with Crippen molar-refractivity contribution in [3.63, 3.8) is 0 Å². The van der Waals surface area contributed by atoms with E-state index in [1.165, 1.54) is 23.9 Å². The molecule has 0 aliphatic carbocycles. The van der Waals surface area contributed by atoms with Gasteiger partial charge in [0.1, 0.15) is 19.0 Å². The molecule has 1 heterocycles. The predicted octanol–water partition coefficient (Wildman–Crippen LogP) is 3.33. The van der Waals surface area contributed by atoms with Crippen molar-refractivity contribution in [2.24, 2.45) is 0 Å². The lowest BCUT2D eigenvalue weighted by molar-refractivity contribution is 0.171. The SMILES string of the molecule is Nc1cc2c(cc1Sc1cccc(F)c1)OCCO2. The number of halogens is 1. The van der Waals surface area contributed by atoms with Crippen molar-refractivity contribution in [1.29, 1.82) is 0 Å². The fraction of sp³-hybridized carbons (Fsp3) is 0.143. The van der Waals surface area contributed by atoms with Crippen LogP contribution >= 0.6 is 11.8 Å². The van der Waals surface area contributed by atoms with Crippen LogP contribution < -0.4 is 15.2 Å². The van der Waals surface area contributed by atoms with E-state index in [4.69, 9.17) is 15.2 Å². The Bertz CT molecular complexity index is 618. The number of nitrogen functional groups attached to an aromatic ring is 1. The zero-order valence-corrected chi connectivity index (χ0v) is 10.9. The molecule has 98 valence electrons. The second kappa shape index (κ2) is 5.01. The van der Waals surface area contributed by atoms with Crippen molar-refractivity contribution in [3.05, 3.63) is 42.2 Å². The molecule has 0 saturated carbocycles. The van der Waals surface area contributed by atoms with Gasteiger partial charge in [0.2, 0.25) is 0 Å². The van der Waals surface area contributed by atoms with Crippen LogP contribution in [-0.4, -0.2) is 13.2 Å². The first-order valence-electron chi connectivity index (χ1n) is 5.85. The van der Waals surface area contributed by atoms with E-state index in [-0.39, 0.29) is 5.82 Å². The molecule has 1 aliphatic heterocycles. The molecule has 0 atom stereocenters. The van der Waals surface area contributed by atoms with Gasteiger partial charge in [0, 0.05) is 27.6 Å². The summed E-state index contributed by atoms with van der Waals surface area (Å²) in [5.74, 6) is 1.08. The molecule has 0 amide bonds. The first kappa shape index (κ1) is 12.2. The van der Waals surface area contributed by atoms with Crippen LogP contribution in [0.3, 0.4) is 0 Å². The average Bonchev–Trinajstić information content (AvgIpc) is 2.40. The quantitative estimate of drug-likeness (QED) is 0.855. The van der Waals surface area contributed by atoms with Gasteiger partial charge in [-0.3, -0.25) is 0 Å². The summed E-state index contributed by atoms with van der Waals surface area (Å²) < 4.78 is 24.1. The van der Waals surface area contributed by atoms with Crippen molar-refractivity contribution in [1.82, 2.24) is 0 Å². The van der Waals surface area contributed by atoms with Gasteiger partial charge in [-0.1, -0.05) is 17.8 Å². The van der Waals surface area contributed by atoms with E-state index in [1.54, 1.807) is 12.1 Å². The summed E-state index contributed by atoms with van der Waals surface area (Å²) in [6.45, 7) is 1.06. The maximum atomic E-state index is 13.2. The first-order valence-corrected chi connectivity index (χ1v) is 6.66. The second-order valence-electron chi connectivity index (χ2n) is 4.09. The largest absolute Gasteiger partial charge is 0.486 e. The van der Waals surface area contributed by atoms with Gasteiger partial charge in [0.25, 0.3) is 0 Å². The van der Waals surface area contributed by atoms with Gasteiger partial charge in [-0.15, -0.1) is 0 Å². The monoisotopic (exact) mass is 277 g/mol. The molecule has 19 heavy (non-hydrogen) atoms. The molecule has 1 aliphatic rings. The molecule has 3 nitrogen and oxygen atoms in total. The Kier molecular flexibility index (Phi) is 3.21. The average molecular weight is 277 g/mol. The van der Waals surface area contributed by atoms with Gasteiger partial charge in [0.05, 0.1) is 0 Å². The summed E-state index contributed by atoms with van der Waals surface area (Å²) in [6, 6.07) is 9.98. The van der Waals surface area contributed by atoms with Gasteiger partial charge in [0.15, 0.2) is 11.5 Å². The maximum absolute atomic E-state index is 13.2. The Morgan fingerprint density at radius 3 is 2.53 bits per heavy atom. The molecule has 2 aromatic rings. The summed E-state index contributed by atoms with van der Waals surface area (Å²) in [5, 5.41) is 0. The van der Waals surface area contributed by atoms with Crippen molar-refractivity contribution in [2.45, 2.75) is 9.79 Å². The van der Waals surface area contributed by atoms with Gasteiger partial charge in [-0.25, -0.2) is 4.39 Å². The molecule has 0 saturated heterocycles. The third kappa shape index (κ3) is 2.61. The van der Waals surface area contributed by atoms with E-state index in [1.807, 2.05) is 12.1 Å². The standard InChI is InChI=1S/C14H12FNO2S/c15-9-2-1-3-10(6-9)19-14-8-13-12(7-11(14)16)17-4-5-18-13/h1-3,6-8H,4-5,16H2. The lowest BCUT2D eigenvalue weighted by atomic mass is 10.2. The van der Waals surface area contributed by atoms with Crippen LogP contribution in [0.2, 0.25) is 0 Å². The zero-order valence-electron chi connectivity index (χ0n) is 10.1. The number of nitrogens with two attached hydrogens (primary N) is 1. The van der Waals surface area contributed by atoms with Crippen LogP contribution in [0.5, 0.6) is 11.5 Å². The molecule has 2 aromatic carbocycles. The predicted molar refractivity (Wildman–Crippen MR) is 72.4 cm³/mol. The second-order valence-corrected chi connectivity index (χ2v) is 5.21. The maximum Gasteiger partial charge on any atom is 0.163 e.